The molecule has 8 heteroatoms. The number of tetrazole rings is 1. The zero-order valence-corrected chi connectivity index (χ0v) is 12.1. The fourth-order valence-electron chi connectivity index (χ4n) is 2.13. The largest absolute Gasteiger partial charge is 0.360 e. The smallest absolute Gasteiger partial charge is 0.216 e. The SMILES string of the molecule is CC(C)n1ncc2cc(NC=C(C#N)c3nn[nH]n3)ccc21. The molecule has 0 unspecified atom stereocenters. The van der Waals surface area contributed by atoms with Crippen LogP contribution in [0.3, 0.4) is 0 Å². The lowest BCUT2D eigenvalue weighted by molar-refractivity contribution is 0.551. The fourth-order valence-corrected chi connectivity index (χ4v) is 2.13. The molecule has 2 N–H and O–H groups in total. The van der Waals surface area contributed by atoms with E-state index >= 15 is 0 Å². The molecule has 0 radical (unpaired) electrons. The summed E-state index contributed by atoms with van der Waals surface area (Å²) in [5, 5.41) is 30.9. The highest BCUT2D eigenvalue weighted by Gasteiger charge is 2.07. The van der Waals surface area contributed by atoms with Gasteiger partial charge in [0.25, 0.3) is 0 Å². The van der Waals surface area contributed by atoms with Gasteiger partial charge in [-0.3, -0.25) is 4.68 Å². The van der Waals surface area contributed by atoms with Crippen molar-refractivity contribution in [2.24, 2.45) is 0 Å². The number of nitrogens with one attached hydrogen (secondary N) is 2. The van der Waals surface area contributed by atoms with Crippen molar-refractivity contribution in [1.29, 1.82) is 5.26 Å². The molecule has 0 saturated heterocycles. The highest BCUT2D eigenvalue weighted by atomic mass is 15.5. The summed E-state index contributed by atoms with van der Waals surface area (Å²) < 4.78 is 1.97. The molecule has 0 aliphatic carbocycles. The van der Waals surface area contributed by atoms with Crippen LogP contribution in [0.1, 0.15) is 25.7 Å². The van der Waals surface area contributed by atoms with E-state index in [1.165, 1.54) is 0 Å². The molecule has 8 nitrogen and oxygen atoms in total. The molecule has 22 heavy (non-hydrogen) atoms. The van der Waals surface area contributed by atoms with Crippen molar-refractivity contribution in [2.45, 2.75) is 19.9 Å². The maximum atomic E-state index is 9.12. The lowest BCUT2D eigenvalue weighted by atomic mass is 10.2. The first kappa shape index (κ1) is 13.8. The van der Waals surface area contributed by atoms with Crippen molar-refractivity contribution < 1.29 is 0 Å². The van der Waals surface area contributed by atoms with Gasteiger partial charge in [0.2, 0.25) is 5.82 Å². The third-order valence-electron chi connectivity index (χ3n) is 3.17. The quantitative estimate of drug-likeness (QED) is 0.713. The van der Waals surface area contributed by atoms with E-state index in [4.69, 9.17) is 5.26 Å². The summed E-state index contributed by atoms with van der Waals surface area (Å²) in [5.41, 5.74) is 2.22. The molecule has 0 saturated carbocycles. The van der Waals surface area contributed by atoms with E-state index in [2.05, 4.69) is 44.9 Å². The summed E-state index contributed by atoms with van der Waals surface area (Å²) >= 11 is 0. The molecule has 0 amide bonds. The number of benzene rings is 1. The molecule has 3 aromatic rings. The first-order valence-corrected chi connectivity index (χ1v) is 6.77. The van der Waals surface area contributed by atoms with Crippen molar-refractivity contribution in [3.8, 4) is 6.07 Å². The van der Waals surface area contributed by atoms with E-state index < -0.39 is 0 Å². The number of allylic oxidation sites excluding steroid dienone is 1. The number of aromatic nitrogens is 6. The van der Waals surface area contributed by atoms with Gasteiger partial charge in [0, 0.05) is 23.3 Å². The van der Waals surface area contributed by atoms with E-state index in [0.717, 1.165) is 16.6 Å². The Morgan fingerprint density at radius 3 is 3.00 bits per heavy atom. The summed E-state index contributed by atoms with van der Waals surface area (Å²) in [6.07, 6.45) is 3.38. The minimum absolute atomic E-state index is 0.253. The van der Waals surface area contributed by atoms with Gasteiger partial charge in [-0.25, -0.2) is 0 Å². The summed E-state index contributed by atoms with van der Waals surface area (Å²) in [4.78, 5) is 0. The number of anilines is 1. The van der Waals surface area contributed by atoms with E-state index in [1.807, 2.05) is 35.1 Å². The van der Waals surface area contributed by atoms with Crippen LogP contribution in [0.5, 0.6) is 0 Å². The molecule has 1 aromatic carbocycles. The lowest BCUT2D eigenvalue weighted by Crippen LogP contribution is -2.01. The van der Waals surface area contributed by atoms with Gasteiger partial charge in [0.05, 0.1) is 11.7 Å². The second-order valence-electron chi connectivity index (χ2n) is 5.01. The van der Waals surface area contributed by atoms with E-state index in [1.54, 1.807) is 6.20 Å². The van der Waals surface area contributed by atoms with E-state index in [-0.39, 0.29) is 5.82 Å². The number of H-pyrrole nitrogens is 1. The Morgan fingerprint density at radius 2 is 2.32 bits per heavy atom. The van der Waals surface area contributed by atoms with Crippen LogP contribution in [0.15, 0.2) is 30.6 Å². The number of hydrogen-bond acceptors (Lipinski definition) is 6. The van der Waals surface area contributed by atoms with Crippen LogP contribution in [0.2, 0.25) is 0 Å². The van der Waals surface area contributed by atoms with Gasteiger partial charge in [0.15, 0.2) is 0 Å². The maximum absolute atomic E-state index is 9.12. The van der Waals surface area contributed by atoms with Gasteiger partial charge < -0.3 is 5.32 Å². The third-order valence-corrected chi connectivity index (χ3v) is 3.17. The number of aromatic amines is 1. The Bertz CT molecular complexity index is 851. The second-order valence-corrected chi connectivity index (χ2v) is 5.01. The molecule has 2 heterocycles. The Labute approximate surface area is 126 Å². The Kier molecular flexibility index (Phi) is 3.53. The minimum atomic E-state index is 0.253. The summed E-state index contributed by atoms with van der Waals surface area (Å²) in [5.74, 6) is 0.253. The van der Waals surface area contributed by atoms with Crippen molar-refractivity contribution >= 4 is 22.2 Å². The lowest BCUT2D eigenvalue weighted by Gasteiger charge is -2.07. The molecular weight excluding hydrogens is 280 g/mol. The average Bonchev–Trinajstić information content (AvgIpc) is 3.16. The third kappa shape index (κ3) is 2.52. The number of rotatable bonds is 4. The van der Waals surface area contributed by atoms with Crippen LogP contribution in [0.4, 0.5) is 5.69 Å². The first-order chi connectivity index (χ1) is 10.7. The molecule has 110 valence electrons. The second kappa shape index (κ2) is 5.65. The predicted molar refractivity (Wildman–Crippen MR) is 81.5 cm³/mol. The number of hydrogen-bond donors (Lipinski definition) is 2. The molecule has 0 aliphatic heterocycles. The van der Waals surface area contributed by atoms with Crippen LogP contribution >= 0.6 is 0 Å². The van der Waals surface area contributed by atoms with Crippen molar-refractivity contribution in [1.82, 2.24) is 30.4 Å². The Hall–Kier alpha value is -3.21. The number of nitriles is 1. The van der Waals surface area contributed by atoms with Crippen molar-refractivity contribution in [2.75, 3.05) is 5.32 Å². The summed E-state index contributed by atoms with van der Waals surface area (Å²) in [6, 6.07) is 8.24. The van der Waals surface area contributed by atoms with Gasteiger partial charge in [-0.05, 0) is 37.3 Å². The van der Waals surface area contributed by atoms with Crippen molar-refractivity contribution in [3.63, 3.8) is 0 Å². The van der Waals surface area contributed by atoms with Gasteiger partial charge in [-0.2, -0.15) is 15.6 Å². The monoisotopic (exact) mass is 294 g/mol. The van der Waals surface area contributed by atoms with Crippen molar-refractivity contribution in [3.05, 3.63) is 36.4 Å². The van der Waals surface area contributed by atoms with Gasteiger partial charge in [-0.1, -0.05) is 0 Å². The van der Waals surface area contributed by atoms with Gasteiger partial charge >= 0.3 is 0 Å². The molecule has 0 aliphatic rings. The Balaban J connectivity index is 1.87. The highest BCUT2D eigenvalue weighted by molar-refractivity contribution is 5.83. The van der Waals surface area contributed by atoms with Crippen LogP contribution in [-0.2, 0) is 0 Å². The molecule has 0 fully saturated rings. The first-order valence-electron chi connectivity index (χ1n) is 6.77. The number of nitrogens with zero attached hydrogens (tertiary/aromatic N) is 6. The standard InChI is InChI=1S/C14H14N8/c1-9(2)22-13-4-3-12(5-10(13)8-17-22)16-7-11(6-15)14-18-20-21-19-14/h3-5,7-9,16H,1-2H3,(H,18,19,20,21). The zero-order chi connectivity index (χ0) is 15.5. The average molecular weight is 294 g/mol. The minimum Gasteiger partial charge on any atom is -0.360 e. The normalized spacial score (nSPS) is 11.8. The van der Waals surface area contributed by atoms with Gasteiger partial charge in [-0.15, -0.1) is 10.2 Å². The van der Waals surface area contributed by atoms with Crippen LogP contribution < -0.4 is 5.32 Å². The fraction of sp³-hybridized carbons (Fsp3) is 0.214. The van der Waals surface area contributed by atoms with Crippen LogP contribution in [-0.4, -0.2) is 30.4 Å². The zero-order valence-electron chi connectivity index (χ0n) is 12.1. The number of fused-ring (bicyclic) bond motifs is 1. The highest BCUT2D eigenvalue weighted by Crippen LogP contribution is 2.22. The van der Waals surface area contributed by atoms with Gasteiger partial charge in [0.1, 0.15) is 11.6 Å². The molecular formula is C14H14N8. The molecule has 3 rings (SSSR count). The Morgan fingerprint density at radius 1 is 1.45 bits per heavy atom. The summed E-state index contributed by atoms with van der Waals surface area (Å²) in [6.45, 7) is 4.18. The van der Waals surface area contributed by atoms with Crippen LogP contribution in [0.25, 0.3) is 16.5 Å². The maximum Gasteiger partial charge on any atom is 0.216 e. The van der Waals surface area contributed by atoms with E-state index in [9.17, 15) is 0 Å². The van der Waals surface area contributed by atoms with E-state index in [0.29, 0.717) is 11.6 Å². The molecule has 0 bridgehead atoms. The van der Waals surface area contributed by atoms with Crippen LogP contribution in [0, 0.1) is 11.3 Å². The summed E-state index contributed by atoms with van der Waals surface area (Å²) in [7, 11) is 0. The molecule has 0 atom stereocenters. The topological polar surface area (TPSA) is 108 Å². The molecule has 2 aromatic heterocycles. The molecule has 0 spiro atoms. The predicted octanol–water partition coefficient (Wildman–Crippen LogP) is 2.11.